The lowest BCUT2D eigenvalue weighted by atomic mass is 10.1. The van der Waals surface area contributed by atoms with Crippen molar-refractivity contribution in [1.82, 2.24) is 5.32 Å². The monoisotopic (exact) mass is 215 g/mol. The summed E-state index contributed by atoms with van der Waals surface area (Å²) in [5, 5.41) is 12.9. The van der Waals surface area contributed by atoms with Gasteiger partial charge >= 0.3 is 0 Å². The van der Waals surface area contributed by atoms with Crippen molar-refractivity contribution in [1.29, 1.82) is 0 Å². The van der Waals surface area contributed by atoms with Crippen LogP contribution in [0, 0.1) is 5.92 Å². The average molecular weight is 215 g/mol. The molecule has 0 saturated carbocycles. The lowest BCUT2D eigenvalue weighted by molar-refractivity contribution is 0.157. The molecule has 0 spiro atoms. The Kier molecular flexibility index (Phi) is 10.4. The highest BCUT2D eigenvalue weighted by atomic mass is 16.3. The minimum atomic E-state index is -0.148. The molecule has 92 valence electrons. The molecule has 0 aromatic rings. The van der Waals surface area contributed by atoms with Crippen LogP contribution in [0.5, 0.6) is 0 Å². The van der Waals surface area contributed by atoms with Crippen LogP contribution in [-0.2, 0) is 0 Å². The number of unbranched alkanes of at least 4 members (excludes halogenated alkanes) is 4. The second-order valence-corrected chi connectivity index (χ2v) is 4.91. The highest BCUT2D eigenvalue weighted by Crippen LogP contribution is 2.06. The van der Waals surface area contributed by atoms with Gasteiger partial charge in [0, 0.05) is 6.54 Å². The summed E-state index contributed by atoms with van der Waals surface area (Å²) in [6.45, 7) is 8.36. The average Bonchev–Trinajstić information content (AvgIpc) is 2.17. The van der Waals surface area contributed by atoms with Crippen molar-refractivity contribution in [2.75, 3.05) is 13.1 Å². The minimum absolute atomic E-state index is 0.148. The van der Waals surface area contributed by atoms with E-state index in [0.717, 1.165) is 19.5 Å². The van der Waals surface area contributed by atoms with Crippen molar-refractivity contribution in [3.8, 4) is 0 Å². The summed E-state index contributed by atoms with van der Waals surface area (Å²) in [5.74, 6) is 0.668. The van der Waals surface area contributed by atoms with Crippen molar-refractivity contribution in [2.45, 2.75) is 65.4 Å². The first-order valence-corrected chi connectivity index (χ1v) is 6.55. The van der Waals surface area contributed by atoms with E-state index < -0.39 is 0 Å². The van der Waals surface area contributed by atoms with Crippen LogP contribution >= 0.6 is 0 Å². The van der Waals surface area contributed by atoms with E-state index in [4.69, 9.17) is 0 Å². The molecule has 2 heteroatoms. The Labute approximate surface area is 95.5 Å². The van der Waals surface area contributed by atoms with Gasteiger partial charge < -0.3 is 10.4 Å². The quantitative estimate of drug-likeness (QED) is 0.549. The summed E-state index contributed by atoms with van der Waals surface area (Å²) in [6.07, 6.45) is 7.20. The molecule has 0 aliphatic heterocycles. The molecule has 0 aromatic heterocycles. The van der Waals surface area contributed by atoms with Gasteiger partial charge in [0.25, 0.3) is 0 Å². The third-order valence-electron chi connectivity index (χ3n) is 2.57. The first-order valence-electron chi connectivity index (χ1n) is 6.55. The van der Waals surface area contributed by atoms with E-state index in [9.17, 15) is 5.11 Å². The fourth-order valence-corrected chi connectivity index (χ4v) is 1.62. The summed E-state index contributed by atoms with van der Waals surface area (Å²) in [4.78, 5) is 0. The zero-order chi connectivity index (χ0) is 11.5. The highest BCUT2D eigenvalue weighted by molar-refractivity contribution is 4.61. The summed E-state index contributed by atoms with van der Waals surface area (Å²) >= 11 is 0. The molecule has 0 radical (unpaired) electrons. The lowest BCUT2D eigenvalue weighted by Gasteiger charge is -2.12. The van der Waals surface area contributed by atoms with E-state index in [2.05, 4.69) is 26.1 Å². The summed E-state index contributed by atoms with van der Waals surface area (Å²) < 4.78 is 0. The Hall–Kier alpha value is -0.0800. The first-order chi connectivity index (χ1) is 7.16. The number of hydrogen-bond donors (Lipinski definition) is 2. The Morgan fingerprint density at radius 1 is 1.00 bits per heavy atom. The zero-order valence-electron chi connectivity index (χ0n) is 10.8. The van der Waals surface area contributed by atoms with Crippen LogP contribution in [0.3, 0.4) is 0 Å². The van der Waals surface area contributed by atoms with Crippen molar-refractivity contribution in [2.24, 2.45) is 5.92 Å². The Bertz CT molecular complexity index is 126. The maximum Gasteiger partial charge on any atom is 0.0664 e. The Balaban J connectivity index is 3.15. The van der Waals surface area contributed by atoms with E-state index in [1.54, 1.807) is 0 Å². The van der Waals surface area contributed by atoms with Gasteiger partial charge in [0.15, 0.2) is 0 Å². The fourth-order valence-electron chi connectivity index (χ4n) is 1.62. The molecule has 0 aliphatic rings. The molecule has 15 heavy (non-hydrogen) atoms. The molecular weight excluding hydrogens is 186 g/mol. The van der Waals surface area contributed by atoms with E-state index in [1.165, 1.54) is 32.1 Å². The van der Waals surface area contributed by atoms with E-state index in [0.29, 0.717) is 5.92 Å². The molecule has 0 fully saturated rings. The van der Waals surface area contributed by atoms with Gasteiger partial charge in [-0.05, 0) is 18.9 Å². The Morgan fingerprint density at radius 3 is 2.27 bits per heavy atom. The molecule has 0 heterocycles. The first kappa shape index (κ1) is 14.9. The van der Waals surface area contributed by atoms with E-state index in [1.807, 2.05) is 0 Å². The zero-order valence-corrected chi connectivity index (χ0v) is 10.8. The number of rotatable bonds is 10. The molecule has 1 atom stereocenters. The van der Waals surface area contributed by atoms with Crippen molar-refractivity contribution < 1.29 is 5.11 Å². The number of aliphatic hydroxyl groups is 1. The standard InChI is InChI=1S/C13H29NO/c1-4-5-6-7-8-9-13(15)11-14-10-12(2)3/h12-15H,4-11H2,1-3H3. The smallest absolute Gasteiger partial charge is 0.0664 e. The predicted molar refractivity (Wildman–Crippen MR) is 67.1 cm³/mol. The molecule has 0 amide bonds. The summed E-state index contributed by atoms with van der Waals surface area (Å²) in [7, 11) is 0. The minimum Gasteiger partial charge on any atom is -0.392 e. The Morgan fingerprint density at radius 2 is 1.67 bits per heavy atom. The van der Waals surface area contributed by atoms with E-state index >= 15 is 0 Å². The van der Waals surface area contributed by atoms with Crippen molar-refractivity contribution >= 4 is 0 Å². The number of nitrogens with one attached hydrogen (secondary N) is 1. The second-order valence-electron chi connectivity index (χ2n) is 4.91. The summed E-state index contributed by atoms with van der Waals surface area (Å²) in [6, 6.07) is 0. The third-order valence-corrected chi connectivity index (χ3v) is 2.57. The maximum absolute atomic E-state index is 9.66. The predicted octanol–water partition coefficient (Wildman–Crippen LogP) is 2.95. The number of hydrogen-bond acceptors (Lipinski definition) is 2. The van der Waals surface area contributed by atoms with Gasteiger partial charge in [-0.1, -0.05) is 52.9 Å². The highest BCUT2D eigenvalue weighted by Gasteiger charge is 2.03. The van der Waals surface area contributed by atoms with Gasteiger partial charge in [-0.2, -0.15) is 0 Å². The fraction of sp³-hybridized carbons (Fsp3) is 1.00. The van der Waals surface area contributed by atoms with Gasteiger partial charge in [-0.25, -0.2) is 0 Å². The molecule has 0 aliphatic carbocycles. The van der Waals surface area contributed by atoms with Gasteiger partial charge in [-0.3, -0.25) is 0 Å². The number of aliphatic hydroxyl groups excluding tert-OH is 1. The molecule has 0 rings (SSSR count). The third kappa shape index (κ3) is 11.8. The van der Waals surface area contributed by atoms with Crippen LogP contribution in [-0.4, -0.2) is 24.3 Å². The molecule has 1 unspecified atom stereocenters. The van der Waals surface area contributed by atoms with Crippen molar-refractivity contribution in [3.05, 3.63) is 0 Å². The van der Waals surface area contributed by atoms with Gasteiger partial charge in [0.05, 0.1) is 6.10 Å². The molecule has 2 nitrogen and oxygen atoms in total. The SMILES string of the molecule is CCCCCCCC(O)CNCC(C)C. The van der Waals surface area contributed by atoms with E-state index in [-0.39, 0.29) is 6.10 Å². The van der Waals surface area contributed by atoms with Crippen LogP contribution < -0.4 is 5.32 Å². The van der Waals surface area contributed by atoms with Gasteiger partial charge in [-0.15, -0.1) is 0 Å². The van der Waals surface area contributed by atoms with Gasteiger partial charge in [0.1, 0.15) is 0 Å². The molecular formula is C13H29NO. The van der Waals surface area contributed by atoms with Gasteiger partial charge in [0.2, 0.25) is 0 Å². The summed E-state index contributed by atoms with van der Waals surface area (Å²) in [5.41, 5.74) is 0. The van der Waals surface area contributed by atoms with Crippen LogP contribution in [0.1, 0.15) is 59.3 Å². The van der Waals surface area contributed by atoms with Crippen molar-refractivity contribution in [3.63, 3.8) is 0 Å². The van der Waals surface area contributed by atoms with Crippen LogP contribution in [0.25, 0.3) is 0 Å². The topological polar surface area (TPSA) is 32.3 Å². The van der Waals surface area contributed by atoms with Crippen LogP contribution in [0.15, 0.2) is 0 Å². The van der Waals surface area contributed by atoms with Crippen LogP contribution in [0.4, 0.5) is 0 Å². The van der Waals surface area contributed by atoms with Crippen LogP contribution in [0.2, 0.25) is 0 Å². The normalized spacial score (nSPS) is 13.4. The largest absolute Gasteiger partial charge is 0.392 e. The molecule has 0 bridgehead atoms. The second kappa shape index (κ2) is 10.4. The molecule has 0 saturated heterocycles. The maximum atomic E-state index is 9.66. The molecule has 2 N–H and O–H groups in total. The molecule has 0 aromatic carbocycles. The lowest BCUT2D eigenvalue weighted by Crippen LogP contribution is -2.29.